The second-order valence-corrected chi connectivity index (χ2v) is 8.64. The molecule has 31 heavy (non-hydrogen) atoms. The summed E-state index contributed by atoms with van der Waals surface area (Å²) in [5, 5.41) is 1.16. The molecule has 14 heteroatoms. The van der Waals surface area contributed by atoms with Gasteiger partial charge in [0.2, 0.25) is 11.8 Å². The van der Waals surface area contributed by atoms with Crippen LogP contribution in [0.4, 0.5) is 4.39 Å². The fraction of sp³-hybridized carbons (Fsp3) is 0.0588. The van der Waals surface area contributed by atoms with Crippen LogP contribution in [-0.4, -0.2) is 43.9 Å². The Morgan fingerprint density at radius 2 is 1.77 bits per heavy atom. The molecule has 0 radical (unpaired) electrons. The van der Waals surface area contributed by atoms with Crippen molar-refractivity contribution in [3.8, 4) is 5.88 Å². The van der Waals surface area contributed by atoms with Gasteiger partial charge in [-0.15, -0.1) is 0 Å². The van der Waals surface area contributed by atoms with Gasteiger partial charge in [-0.2, -0.15) is 16.8 Å². The lowest BCUT2D eigenvalue weighted by molar-refractivity contribution is 0.0999. The van der Waals surface area contributed by atoms with E-state index in [4.69, 9.17) is 19.6 Å². The highest BCUT2D eigenvalue weighted by Crippen LogP contribution is 2.16. The average Bonchev–Trinajstić information content (AvgIpc) is 2.66. The molecule has 4 N–H and O–H groups in total. The molecule has 0 unspecified atom stereocenters. The number of aromatic nitrogens is 1. The third-order valence-corrected chi connectivity index (χ3v) is 4.37. The first kappa shape index (κ1) is 28.4. The summed E-state index contributed by atoms with van der Waals surface area (Å²) in [6.45, 7) is 2.79. The molecule has 170 valence electrons. The number of nitrogens with two attached hydrogens (primary N) is 1. The Kier molecular flexibility index (Phi) is 11.8. The van der Waals surface area contributed by atoms with Crippen molar-refractivity contribution in [3.05, 3.63) is 75.3 Å². The van der Waals surface area contributed by atoms with E-state index in [1.807, 2.05) is 0 Å². The topological polar surface area (TPSA) is 174 Å². The number of pyridine rings is 1. The maximum Gasteiger partial charge on any atom is 0.287 e. The fourth-order valence-corrected chi connectivity index (χ4v) is 2.34. The van der Waals surface area contributed by atoms with Crippen molar-refractivity contribution in [2.24, 2.45) is 5.73 Å². The van der Waals surface area contributed by atoms with Gasteiger partial charge in [-0.3, -0.25) is 13.9 Å². The summed E-state index contributed by atoms with van der Waals surface area (Å²) >= 11 is 3.01. The summed E-state index contributed by atoms with van der Waals surface area (Å²) in [5.41, 5.74) is 5.82. The Morgan fingerprint density at radius 1 is 1.19 bits per heavy atom. The normalized spacial score (nSPS) is 10.9. The van der Waals surface area contributed by atoms with Crippen molar-refractivity contribution in [1.82, 2.24) is 4.98 Å². The van der Waals surface area contributed by atoms with Crippen LogP contribution in [0, 0.1) is 5.82 Å². The van der Waals surface area contributed by atoms with E-state index < -0.39 is 32.0 Å². The number of hydrogen-bond donors (Lipinski definition) is 3. The predicted molar refractivity (Wildman–Crippen MR) is 116 cm³/mol. The third kappa shape index (κ3) is 14.1. The number of rotatable bonds is 5. The van der Waals surface area contributed by atoms with Crippen molar-refractivity contribution in [2.45, 2.75) is 0 Å². The Labute approximate surface area is 186 Å². The van der Waals surface area contributed by atoms with Crippen LogP contribution < -0.4 is 10.5 Å². The molecule has 2 aromatic rings. The minimum atomic E-state index is -4.08. The number of carbonyl (C=O) groups excluding carboxylic acids is 1. The second-order valence-electron chi connectivity index (χ2n) is 5.12. The zero-order chi connectivity index (χ0) is 24.2. The third-order valence-electron chi connectivity index (χ3n) is 2.81. The molecule has 0 aliphatic carbocycles. The number of ether oxygens (including phenoxy) is 1. The van der Waals surface area contributed by atoms with Gasteiger partial charge in [0.25, 0.3) is 20.2 Å². The maximum atomic E-state index is 12.4. The van der Waals surface area contributed by atoms with E-state index in [9.17, 15) is 26.0 Å². The van der Waals surface area contributed by atoms with E-state index in [1.54, 1.807) is 12.1 Å². The van der Waals surface area contributed by atoms with E-state index in [1.165, 1.54) is 37.6 Å². The number of hydrogen-bond acceptors (Lipinski definition) is 7. The summed E-state index contributed by atoms with van der Waals surface area (Å²) < 4.78 is 73.3. The first-order valence-corrected chi connectivity index (χ1v) is 11.5. The molecule has 0 saturated heterocycles. The fourth-order valence-electron chi connectivity index (χ4n) is 1.46. The van der Waals surface area contributed by atoms with Crippen molar-refractivity contribution < 1.29 is 39.9 Å². The summed E-state index contributed by atoms with van der Waals surface area (Å²) in [7, 11) is -6.49. The molecular weight excluding hydrogens is 523 g/mol. The van der Waals surface area contributed by atoms with Crippen molar-refractivity contribution in [3.63, 3.8) is 0 Å². The van der Waals surface area contributed by atoms with Crippen LogP contribution in [0.2, 0.25) is 0 Å². The van der Waals surface area contributed by atoms with Gasteiger partial charge in [-0.1, -0.05) is 6.58 Å². The molecular formula is C17H18BrFN2O8S2. The Balaban J connectivity index is 0.000000472. The van der Waals surface area contributed by atoms with Gasteiger partial charge in [-0.25, -0.2) is 9.37 Å². The number of amides is 1. The summed E-state index contributed by atoms with van der Waals surface area (Å²) in [6, 6.07) is 6.92. The highest BCUT2D eigenvalue weighted by molar-refractivity contribution is 9.10. The number of carbonyl (C=O) groups is 1. The lowest BCUT2D eigenvalue weighted by atomic mass is 10.2. The van der Waals surface area contributed by atoms with Crippen molar-refractivity contribution >= 4 is 48.1 Å². The molecule has 0 spiro atoms. The van der Waals surface area contributed by atoms with Gasteiger partial charge < -0.3 is 10.5 Å². The molecule has 1 amide bonds. The van der Waals surface area contributed by atoms with Crippen LogP contribution in [0.15, 0.2) is 58.4 Å². The van der Waals surface area contributed by atoms with Crippen molar-refractivity contribution in [1.29, 1.82) is 0 Å². The summed E-state index contributed by atoms with van der Waals surface area (Å²) in [6.07, 6.45) is 2.67. The SMILES string of the molecule is C=CS(=O)(=O)O.COc1ccc(/C=C/S(=O)(=O)O)cn1.NC(=O)c1ccc(F)cc1Br. The number of halogens is 2. The van der Waals surface area contributed by atoms with Crippen LogP contribution >= 0.6 is 15.9 Å². The number of methoxy groups -OCH3 is 1. The van der Waals surface area contributed by atoms with E-state index in [0.29, 0.717) is 26.7 Å². The van der Waals surface area contributed by atoms with E-state index in [2.05, 4.69) is 27.5 Å². The zero-order valence-corrected chi connectivity index (χ0v) is 19.1. The van der Waals surface area contributed by atoms with Crippen molar-refractivity contribution in [2.75, 3.05) is 7.11 Å². The van der Waals surface area contributed by atoms with Crippen LogP contribution in [-0.2, 0) is 20.2 Å². The first-order chi connectivity index (χ1) is 14.2. The first-order valence-electron chi connectivity index (χ1n) is 7.69. The molecule has 0 aliphatic rings. The van der Waals surface area contributed by atoms with Crippen LogP contribution in [0.5, 0.6) is 5.88 Å². The molecule has 0 aliphatic heterocycles. The molecule has 0 bridgehead atoms. The molecule has 2 rings (SSSR count). The highest BCUT2D eigenvalue weighted by atomic mass is 79.9. The standard InChI is InChI=1S/C8H9NO4S.C7H5BrFNO.C2H4O3S/c1-13-8-3-2-7(6-9-8)4-5-14(10,11)12;8-6-3-4(9)1-2-5(6)7(10)11;1-2-6(3,4)5/h2-6H,1H3,(H,10,11,12);1-3H,(H2,10,11);2H,1H2,(H,3,4,5)/b5-4+;;. The second kappa shape index (κ2) is 12.9. The quantitative estimate of drug-likeness (QED) is 0.481. The van der Waals surface area contributed by atoms with E-state index in [-0.39, 0.29) is 5.56 Å². The summed E-state index contributed by atoms with van der Waals surface area (Å²) in [5.74, 6) is -0.534. The lowest BCUT2D eigenvalue weighted by Crippen LogP contribution is -2.11. The molecule has 0 saturated carbocycles. The van der Waals surface area contributed by atoms with Gasteiger partial charge >= 0.3 is 0 Å². The maximum absolute atomic E-state index is 12.4. The molecule has 1 aromatic heterocycles. The van der Waals surface area contributed by atoms with Crippen LogP contribution in [0.25, 0.3) is 6.08 Å². The number of primary amides is 1. The molecule has 1 heterocycles. The average molecular weight is 541 g/mol. The van der Waals surface area contributed by atoms with Crippen LogP contribution in [0.3, 0.4) is 0 Å². The molecule has 10 nitrogen and oxygen atoms in total. The minimum Gasteiger partial charge on any atom is -0.481 e. The van der Waals surface area contributed by atoms with E-state index in [0.717, 1.165) is 0 Å². The lowest BCUT2D eigenvalue weighted by Gasteiger charge is -1.97. The predicted octanol–water partition coefficient (Wildman–Crippen LogP) is 2.65. The Morgan fingerprint density at radius 3 is 2.13 bits per heavy atom. The Bertz CT molecular complexity index is 1120. The monoisotopic (exact) mass is 540 g/mol. The van der Waals surface area contributed by atoms with Gasteiger partial charge in [0.15, 0.2) is 0 Å². The molecule has 1 aromatic carbocycles. The van der Waals surface area contributed by atoms with Gasteiger partial charge in [-0.05, 0) is 51.8 Å². The Hall–Kier alpha value is -2.65. The van der Waals surface area contributed by atoms with Gasteiger partial charge in [0.1, 0.15) is 5.82 Å². The number of nitrogens with zero attached hydrogens (tertiary/aromatic N) is 1. The minimum absolute atomic E-state index is 0.284. The molecule has 0 fully saturated rings. The summed E-state index contributed by atoms with van der Waals surface area (Å²) in [4.78, 5) is 14.5. The molecule has 0 atom stereocenters. The van der Waals surface area contributed by atoms with Gasteiger partial charge in [0, 0.05) is 16.7 Å². The smallest absolute Gasteiger partial charge is 0.287 e. The van der Waals surface area contributed by atoms with E-state index >= 15 is 0 Å². The zero-order valence-electron chi connectivity index (χ0n) is 15.8. The highest BCUT2D eigenvalue weighted by Gasteiger charge is 2.05. The largest absolute Gasteiger partial charge is 0.481 e. The number of benzene rings is 1. The van der Waals surface area contributed by atoms with Crippen LogP contribution in [0.1, 0.15) is 15.9 Å². The van der Waals surface area contributed by atoms with Gasteiger partial charge in [0.05, 0.1) is 23.5 Å².